The monoisotopic (exact) mass is 411 g/mol. The van der Waals surface area contributed by atoms with E-state index in [4.69, 9.17) is 10.2 Å². The Kier molecular flexibility index (Phi) is 5.66. The fourth-order valence-electron chi connectivity index (χ4n) is 2.90. The maximum absolute atomic E-state index is 12.9. The first-order chi connectivity index (χ1) is 14.1. The summed E-state index contributed by atoms with van der Waals surface area (Å²) in [7, 11) is 0. The highest BCUT2D eigenvalue weighted by molar-refractivity contribution is 8.00. The summed E-state index contributed by atoms with van der Waals surface area (Å²) in [4.78, 5) is 24.3. The summed E-state index contributed by atoms with van der Waals surface area (Å²) in [6.07, 6.45) is 3.69. The van der Waals surface area contributed by atoms with Crippen LogP contribution in [0, 0.1) is 0 Å². The quantitative estimate of drug-likeness (QED) is 0.523. The highest BCUT2D eigenvalue weighted by Gasteiger charge is 2.31. The smallest absolute Gasteiger partial charge is 0.238 e. The van der Waals surface area contributed by atoms with Crippen molar-refractivity contribution in [1.82, 2.24) is 20.1 Å². The first-order valence-electron chi connectivity index (χ1n) is 9.39. The topological polar surface area (TPSA) is 116 Å². The van der Waals surface area contributed by atoms with E-state index in [1.165, 1.54) is 11.8 Å². The summed E-state index contributed by atoms with van der Waals surface area (Å²) in [6.45, 7) is 0.298. The SMILES string of the molecule is NC(=O)CCn1c(S[C@@H](C(=O)NC2CC2)c2ccccc2)nnc1-c1ccco1. The van der Waals surface area contributed by atoms with Crippen molar-refractivity contribution in [2.45, 2.75) is 42.3 Å². The molecule has 2 amide bonds. The average Bonchev–Trinajstić information content (AvgIpc) is 3.20. The first kappa shape index (κ1) is 19.3. The number of hydrogen-bond donors (Lipinski definition) is 2. The minimum atomic E-state index is -0.488. The van der Waals surface area contributed by atoms with E-state index in [0.29, 0.717) is 23.3 Å². The Morgan fingerprint density at radius 3 is 2.66 bits per heavy atom. The maximum atomic E-state index is 12.9. The summed E-state index contributed by atoms with van der Waals surface area (Å²) >= 11 is 1.30. The van der Waals surface area contributed by atoms with Crippen LogP contribution < -0.4 is 11.1 Å². The van der Waals surface area contributed by atoms with Gasteiger partial charge in [0, 0.05) is 19.0 Å². The number of nitrogens with one attached hydrogen (secondary N) is 1. The molecule has 1 aliphatic rings. The molecule has 0 radical (unpaired) electrons. The third-order valence-corrected chi connectivity index (χ3v) is 5.76. The molecule has 1 fully saturated rings. The maximum Gasteiger partial charge on any atom is 0.238 e. The molecule has 2 aromatic heterocycles. The zero-order chi connectivity index (χ0) is 20.2. The number of aromatic nitrogens is 3. The molecule has 1 saturated carbocycles. The van der Waals surface area contributed by atoms with Crippen molar-refractivity contribution in [3.63, 3.8) is 0 Å². The Hall–Kier alpha value is -3.07. The van der Waals surface area contributed by atoms with Gasteiger partial charge in [-0.3, -0.25) is 14.2 Å². The van der Waals surface area contributed by atoms with Gasteiger partial charge >= 0.3 is 0 Å². The lowest BCUT2D eigenvalue weighted by Gasteiger charge is -2.17. The van der Waals surface area contributed by atoms with E-state index in [-0.39, 0.29) is 18.4 Å². The number of primary amides is 1. The van der Waals surface area contributed by atoms with Crippen molar-refractivity contribution in [1.29, 1.82) is 0 Å². The van der Waals surface area contributed by atoms with E-state index in [2.05, 4.69) is 15.5 Å². The highest BCUT2D eigenvalue weighted by atomic mass is 32.2. The Morgan fingerprint density at radius 1 is 1.21 bits per heavy atom. The molecule has 3 aromatic rings. The van der Waals surface area contributed by atoms with Gasteiger partial charge in [-0.2, -0.15) is 0 Å². The van der Waals surface area contributed by atoms with Gasteiger partial charge in [-0.05, 0) is 30.5 Å². The number of carbonyl (C=O) groups is 2. The molecule has 4 rings (SSSR count). The normalized spacial score (nSPS) is 14.5. The molecule has 0 unspecified atom stereocenters. The van der Waals surface area contributed by atoms with Crippen LogP contribution in [0.3, 0.4) is 0 Å². The molecule has 8 nitrogen and oxygen atoms in total. The Balaban J connectivity index is 1.65. The van der Waals surface area contributed by atoms with Crippen LogP contribution in [-0.4, -0.2) is 32.6 Å². The van der Waals surface area contributed by atoms with Gasteiger partial charge in [0.25, 0.3) is 0 Å². The van der Waals surface area contributed by atoms with Crippen molar-refractivity contribution >= 4 is 23.6 Å². The van der Waals surface area contributed by atoms with Crippen LogP contribution >= 0.6 is 11.8 Å². The van der Waals surface area contributed by atoms with Crippen molar-refractivity contribution < 1.29 is 14.0 Å². The largest absolute Gasteiger partial charge is 0.461 e. The molecular formula is C20H21N5O3S. The molecule has 150 valence electrons. The third kappa shape index (κ3) is 4.68. The van der Waals surface area contributed by atoms with Crippen LogP contribution in [0.4, 0.5) is 0 Å². The standard InChI is InChI=1S/C20H21N5O3S/c21-16(26)10-11-25-18(15-7-4-12-28-15)23-24-20(25)29-17(13-5-2-1-3-6-13)19(27)22-14-8-9-14/h1-7,12,14,17H,8-11H2,(H2,21,26)(H,22,27)/t17-/m1/s1. The number of amides is 2. The van der Waals surface area contributed by atoms with Gasteiger partial charge in [0.15, 0.2) is 16.7 Å². The second-order valence-corrected chi connectivity index (χ2v) is 7.92. The minimum Gasteiger partial charge on any atom is -0.461 e. The van der Waals surface area contributed by atoms with Gasteiger partial charge in [-0.1, -0.05) is 42.1 Å². The highest BCUT2D eigenvalue weighted by Crippen LogP contribution is 2.37. The lowest BCUT2D eigenvalue weighted by atomic mass is 10.1. The zero-order valence-electron chi connectivity index (χ0n) is 15.7. The summed E-state index contributed by atoms with van der Waals surface area (Å²) in [5.41, 5.74) is 6.22. The number of hydrogen-bond acceptors (Lipinski definition) is 6. The number of benzene rings is 1. The van der Waals surface area contributed by atoms with Gasteiger partial charge in [0.2, 0.25) is 11.8 Å². The van der Waals surface area contributed by atoms with Crippen LogP contribution in [0.5, 0.6) is 0 Å². The lowest BCUT2D eigenvalue weighted by molar-refractivity contribution is -0.121. The van der Waals surface area contributed by atoms with E-state index in [1.807, 2.05) is 30.3 Å². The fourth-order valence-corrected chi connectivity index (χ4v) is 3.97. The van der Waals surface area contributed by atoms with Gasteiger partial charge in [-0.15, -0.1) is 10.2 Å². The molecule has 0 spiro atoms. The van der Waals surface area contributed by atoms with Crippen molar-refractivity contribution in [3.8, 4) is 11.6 Å². The van der Waals surface area contributed by atoms with E-state index >= 15 is 0 Å². The molecule has 1 aliphatic carbocycles. The summed E-state index contributed by atoms with van der Waals surface area (Å²) in [6, 6.07) is 13.3. The fraction of sp³-hybridized carbons (Fsp3) is 0.300. The second kappa shape index (κ2) is 8.52. The minimum absolute atomic E-state index is 0.0623. The number of nitrogens with zero attached hydrogens (tertiary/aromatic N) is 3. The first-order valence-corrected chi connectivity index (χ1v) is 10.3. The van der Waals surface area contributed by atoms with E-state index < -0.39 is 11.2 Å². The molecule has 1 atom stereocenters. The molecular weight excluding hydrogens is 390 g/mol. The Labute approximate surface area is 171 Å². The van der Waals surface area contributed by atoms with Crippen LogP contribution in [-0.2, 0) is 16.1 Å². The van der Waals surface area contributed by atoms with Crippen molar-refractivity contribution in [2.24, 2.45) is 5.73 Å². The summed E-state index contributed by atoms with van der Waals surface area (Å²) in [5, 5.41) is 11.6. The number of furan rings is 1. The van der Waals surface area contributed by atoms with Crippen LogP contribution in [0.15, 0.2) is 58.3 Å². The number of thioether (sulfide) groups is 1. The molecule has 0 bridgehead atoms. The van der Waals surface area contributed by atoms with Crippen LogP contribution in [0.2, 0.25) is 0 Å². The second-order valence-electron chi connectivity index (χ2n) is 6.84. The number of rotatable bonds is 9. The molecule has 1 aromatic carbocycles. The third-order valence-electron chi connectivity index (χ3n) is 4.53. The summed E-state index contributed by atoms with van der Waals surface area (Å²) < 4.78 is 7.22. The molecule has 0 aliphatic heterocycles. The van der Waals surface area contributed by atoms with Gasteiger partial charge in [-0.25, -0.2) is 0 Å². The Bertz CT molecular complexity index is 983. The predicted molar refractivity (Wildman–Crippen MR) is 108 cm³/mol. The number of carbonyl (C=O) groups excluding carboxylic acids is 2. The van der Waals surface area contributed by atoms with Crippen molar-refractivity contribution in [3.05, 3.63) is 54.3 Å². The number of nitrogens with two attached hydrogens (primary N) is 1. The van der Waals surface area contributed by atoms with E-state index in [0.717, 1.165) is 18.4 Å². The molecule has 3 N–H and O–H groups in total. The van der Waals surface area contributed by atoms with Crippen LogP contribution in [0.1, 0.15) is 30.1 Å². The average molecular weight is 411 g/mol. The molecule has 29 heavy (non-hydrogen) atoms. The van der Waals surface area contributed by atoms with E-state index in [9.17, 15) is 9.59 Å². The molecule has 9 heteroatoms. The lowest BCUT2D eigenvalue weighted by Crippen LogP contribution is -2.30. The molecule has 2 heterocycles. The van der Waals surface area contributed by atoms with Crippen LogP contribution in [0.25, 0.3) is 11.6 Å². The predicted octanol–water partition coefficient (Wildman–Crippen LogP) is 2.53. The molecule has 0 saturated heterocycles. The van der Waals surface area contributed by atoms with E-state index in [1.54, 1.807) is 23.0 Å². The van der Waals surface area contributed by atoms with Gasteiger partial charge < -0.3 is 15.5 Å². The zero-order valence-corrected chi connectivity index (χ0v) is 16.5. The van der Waals surface area contributed by atoms with Gasteiger partial charge in [0.05, 0.1) is 6.26 Å². The summed E-state index contributed by atoms with van der Waals surface area (Å²) in [5.74, 6) is 0.541. The van der Waals surface area contributed by atoms with Crippen molar-refractivity contribution in [2.75, 3.05) is 0 Å². The Morgan fingerprint density at radius 2 is 2.00 bits per heavy atom. The van der Waals surface area contributed by atoms with Gasteiger partial charge in [0.1, 0.15) is 5.25 Å².